The molecule has 3 rings (SSSR count). The fraction of sp³-hybridized carbons (Fsp3) is 0.667. The number of amides is 2. The number of aryl methyl sites for hydroxylation is 1. The molecule has 1 aromatic rings. The molecule has 0 aliphatic carbocycles. The van der Waals surface area contributed by atoms with E-state index in [4.69, 9.17) is 0 Å². The molecule has 2 fully saturated rings. The summed E-state index contributed by atoms with van der Waals surface area (Å²) in [5.41, 5.74) is 0.467. The molecule has 136 valence electrons. The van der Waals surface area contributed by atoms with Crippen molar-refractivity contribution in [2.24, 2.45) is 5.41 Å². The largest absolute Gasteiger partial charge is 0.395 e. The lowest BCUT2D eigenvalue weighted by Crippen LogP contribution is -2.55. The SMILES string of the molecule is CCc1ncc(C(=O)N2CCCC3(CCC(=O)N(CCO)C3)C2)cn1. The molecule has 0 saturated carbocycles. The van der Waals surface area contributed by atoms with Gasteiger partial charge in [0.2, 0.25) is 5.91 Å². The van der Waals surface area contributed by atoms with Gasteiger partial charge in [0, 0.05) is 56.8 Å². The Hall–Kier alpha value is -2.02. The standard InChI is InChI=1S/C18H26N4O3/c1-2-15-19-10-14(11-20-15)17(25)22-7-3-5-18(13-22)6-4-16(24)21(12-18)8-9-23/h10-11,23H,2-9,12-13H2,1H3. The zero-order valence-corrected chi connectivity index (χ0v) is 14.8. The molecule has 25 heavy (non-hydrogen) atoms. The minimum absolute atomic E-state index is 0.0222. The molecule has 7 heteroatoms. The number of β-amino-alcohol motifs (C(OH)–C–C–N with tert-alkyl or cyclic N) is 1. The second kappa shape index (κ2) is 7.47. The van der Waals surface area contributed by atoms with Crippen LogP contribution < -0.4 is 0 Å². The Labute approximate surface area is 148 Å². The van der Waals surface area contributed by atoms with Gasteiger partial charge in [-0.15, -0.1) is 0 Å². The van der Waals surface area contributed by atoms with E-state index in [2.05, 4.69) is 9.97 Å². The summed E-state index contributed by atoms with van der Waals surface area (Å²) in [6, 6.07) is 0. The van der Waals surface area contributed by atoms with Gasteiger partial charge in [0.25, 0.3) is 5.91 Å². The predicted octanol–water partition coefficient (Wildman–Crippen LogP) is 0.876. The fourth-order valence-electron chi connectivity index (χ4n) is 3.97. The lowest BCUT2D eigenvalue weighted by molar-refractivity contribution is -0.139. The van der Waals surface area contributed by atoms with Crippen LogP contribution in [0.3, 0.4) is 0 Å². The number of carbonyl (C=O) groups excluding carboxylic acids is 2. The number of aromatic nitrogens is 2. The van der Waals surface area contributed by atoms with Crippen LogP contribution in [0.1, 0.15) is 48.8 Å². The molecule has 1 N–H and O–H groups in total. The second-order valence-electron chi connectivity index (χ2n) is 7.11. The van der Waals surface area contributed by atoms with Gasteiger partial charge in [-0.05, 0) is 19.3 Å². The van der Waals surface area contributed by atoms with Crippen molar-refractivity contribution < 1.29 is 14.7 Å². The van der Waals surface area contributed by atoms with Crippen molar-refractivity contribution in [2.45, 2.75) is 39.0 Å². The normalized spacial score (nSPS) is 24.0. The lowest BCUT2D eigenvalue weighted by atomic mass is 9.73. The van der Waals surface area contributed by atoms with Gasteiger partial charge in [-0.3, -0.25) is 9.59 Å². The van der Waals surface area contributed by atoms with Crippen molar-refractivity contribution in [1.82, 2.24) is 19.8 Å². The topological polar surface area (TPSA) is 86.6 Å². The first-order chi connectivity index (χ1) is 12.1. The summed E-state index contributed by atoms with van der Waals surface area (Å²) in [6.07, 6.45) is 7.21. The van der Waals surface area contributed by atoms with E-state index in [9.17, 15) is 14.7 Å². The van der Waals surface area contributed by atoms with E-state index in [1.165, 1.54) is 0 Å². The number of aliphatic hydroxyl groups is 1. The summed E-state index contributed by atoms with van der Waals surface area (Å²) >= 11 is 0. The monoisotopic (exact) mass is 346 g/mol. The van der Waals surface area contributed by atoms with Gasteiger partial charge in [0.15, 0.2) is 0 Å². The third kappa shape index (κ3) is 3.81. The fourth-order valence-corrected chi connectivity index (χ4v) is 3.97. The number of hydrogen-bond donors (Lipinski definition) is 1. The van der Waals surface area contributed by atoms with Gasteiger partial charge >= 0.3 is 0 Å². The van der Waals surface area contributed by atoms with Crippen LogP contribution in [0.5, 0.6) is 0 Å². The Kier molecular flexibility index (Phi) is 5.32. The smallest absolute Gasteiger partial charge is 0.257 e. The Morgan fingerprint density at radius 2 is 2.04 bits per heavy atom. The third-order valence-corrected chi connectivity index (χ3v) is 5.34. The molecule has 1 unspecified atom stereocenters. The maximum atomic E-state index is 12.8. The minimum atomic E-state index is -0.0544. The summed E-state index contributed by atoms with van der Waals surface area (Å²) in [5, 5.41) is 9.18. The summed E-state index contributed by atoms with van der Waals surface area (Å²) in [5.74, 6) is 0.802. The molecule has 3 heterocycles. The van der Waals surface area contributed by atoms with E-state index in [1.54, 1.807) is 17.3 Å². The van der Waals surface area contributed by atoms with Gasteiger partial charge in [0.1, 0.15) is 5.82 Å². The maximum absolute atomic E-state index is 12.8. The number of piperidine rings is 2. The van der Waals surface area contributed by atoms with Crippen molar-refractivity contribution in [1.29, 1.82) is 0 Å². The van der Waals surface area contributed by atoms with Crippen LogP contribution in [0.2, 0.25) is 0 Å². The predicted molar refractivity (Wildman–Crippen MR) is 91.9 cm³/mol. The van der Waals surface area contributed by atoms with E-state index in [-0.39, 0.29) is 23.8 Å². The van der Waals surface area contributed by atoms with Crippen LogP contribution >= 0.6 is 0 Å². The van der Waals surface area contributed by atoms with Gasteiger partial charge in [0.05, 0.1) is 12.2 Å². The van der Waals surface area contributed by atoms with E-state index in [0.717, 1.165) is 38.1 Å². The molecule has 1 atom stereocenters. The van der Waals surface area contributed by atoms with Gasteiger partial charge in [-0.2, -0.15) is 0 Å². The molecular weight excluding hydrogens is 320 g/mol. The first kappa shape index (κ1) is 17.8. The van der Waals surface area contributed by atoms with Crippen molar-refractivity contribution in [3.05, 3.63) is 23.8 Å². The summed E-state index contributed by atoms with van der Waals surface area (Å²) < 4.78 is 0. The second-order valence-corrected chi connectivity index (χ2v) is 7.11. The molecule has 7 nitrogen and oxygen atoms in total. The van der Waals surface area contributed by atoms with Gasteiger partial charge in [-0.1, -0.05) is 6.92 Å². The average Bonchev–Trinajstić information content (AvgIpc) is 2.65. The van der Waals surface area contributed by atoms with Gasteiger partial charge in [-0.25, -0.2) is 9.97 Å². The average molecular weight is 346 g/mol. The van der Waals surface area contributed by atoms with E-state index in [1.807, 2.05) is 11.8 Å². The minimum Gasteiger partial charge on any atom is -0.395 e. The molecule has 1 spiro atoms. The molecule has 0 bridgehead atoms. The number of hydrogen-bond acceptors (Lipinski definition) is 5. The number of nitrogens with zero attached hydrogens (tertiary/aromatic N) is 4. The van der Waals surface area contributed by atoms with E-state index in [0.29, 0.717) is 31.6 Å². The Morgan fingerprint density at radius 1 is 1.28 bits per heavy atom. The number of rotatable bonds is 4. The van der Waals surface area contributed by atoms with Crippen LogP contribution in [0.15, 0.2) is 12.4 Å². The van der Waals surface area contributed by atoms with Crippen LogP contribution in [-0.2, 0) is 11.2 Å². The molecule has 2 aliphatic rings. The third-order valence-electron chi connectivity index (χ3n) is 5.34. The van der Waals surface area contributed by atoms with E-state index < -0.39 is 0 Å². The maximum Gasteiger partial charge on any atom is 0.257 e. The van der Waals surface area contributed by atoms with Gasteiger partial charge < -0.3 is 14.9 Å². The van der Waals surface area contributed by atoms with Crippen LogP contribution in [0, 0.1) is 5.41 Å². The Morgan fingerprint density at radius 3 is 2.72 bits per heavy atom. The number of aliphatic hydroxyl groups excluding tert-OH is 1. The van der Waals surface area contributed by atoms with Crippen molar-refractivity contribution in [2.75, 3.05) is 32.8 Å². The highest BCUT2D eigenvalue weighted by molar-refractivity contribution is 5.93. The highest BCUT2D eigenvalue weighted by Crippen LogP contribution is 2.39. The Bertz CT molecular complexity index is 634. The molecule has 1 aromatic heterocycles. The van der Waals surface area contributed by atoms with Crippen LogP contribution in [0.25, 0.3) is 0 Å². The van der Waals surface area contributed by atoms with Crippen molar-refractivity contribution in [3.63, 3.8) is 0 Å². The first-order valence-electron chi connectivity index (χ1n) is 9.06. The quantitative estimate of drug-likeness (QED) is 0.874. The molecule has 2 aliphatic heterocycles. The first-order valence-corrected chi connectivity index (χ1v) is 9.06. The molecule has 2 saturated heterocycles. The zero-order chi connectivity index (χ0) is 17.9. The lowest BCUT2D eigenvalue weighted by Gasteiger charge is -2.48. The highest BCUT2D eigenvalue weighted by Gasteiger charge is 2.42. The van der Waals surface area contributed by atoms with E-state index >= 15 is 0 Å². The number of likely N-dealkylation sites (tertiary alicyclic amines) is 2. The van der Waals surface area contributed by atoms with Crippen molar-refractivity contribution >= 4 is 11.8 Å². The van der Waals surface area contributed by atoms with Crippen LogP contribution in [0.4, 0.5) is 0 Å². The van der Waals surface area contributed by atoms with Crippen molar-refractivity contribution in [3.8, 4) is 0 Å². The summed E-state index contributed by atoms with van der Waals surface area (Å²) in [7, 11) is 0. The molecule has 0 radical (unpaired) electrons. The van der Waals surface area contributed by atoms with Crippen LogP contribution in [-0.4, -0.2) is 69.5 Å². The summed E-state index contributed by atoms with van der Waals surface area (Å²) in [4.78, 5) is 36.9. The zero-order valence-electron chi connectivity index (χ0n) is 14.8. The molecular formula is C18H26N4O3. The molecule has 2 amide bonds. The summed E-state index contributed by atoms with van der Waals surface area (Å²) in [6.45, 7) is 4.34. The Balaban J connectivity index is 1.71. The highest BCUT2D eigenvalue weighted by atomic mass is 16.3. The number of carbonyl (C=O) groups is 2. The molecule has 0 aromatic carbocycles.